The van der Waals surface area contributed by atoms with Gasteiger partial charge >= 0.3 is 0 Å². The van der Waals surface area contributed by atoms with Crippen molar-refractivity contribution in [2.24, 2.45) is 0 Å². The van der Waals surface area contributed by atoms with Gasteiger partial charge in [-0.05, 0) is 29.8 Å². The summed E-state index contributed by atoms with van der Waals surface area (Å²) in [5.74, 6) is 3.08. The number of aromatic nitrogens is 2. The molecule has 4 aromatic rings. The van der Waals surface area contributed by atoms with Gasteiger partial charge in [-0.2, -0.15) is 4.98 Å². The van der Waals surface area contributed by atoms with Gasteiger partial charge in [0.25, 0.3) is 5.91 Å². The molecule has 1 aliphatic rings. The predicted octanol–water partition coefficient (Wildman–Crippen LogP) is 3.82. The molecule has 10 nitrogen and oxygen atoms in total. The molecular weight excluding hydrogens is 510 g/mol. The van der Waals surface area contributed by atoms with E-state index in [1.165, 1.54) is 5.56 Å². The summed E-state index contributed by atoms with van der Waals surface area (Å²) in [6.07, 6.45) is 0.781. The molecule has 0 radical (unpaired) electrons. The van der Waals surface area contributed by atoms with Crippen LogP contribution >= 0.6 is 0 Å². The predicted molar refractivity (Wildman–Crippen MR) is 154 cm³/mol. The summed E-state index contributed by atoms with van der Waals surface area (Å²) in [5.41, 5.74) is 8.68. The lowest BCUT2D eigenvalue weighted by molar-refractivity contribution is 0.0745. The van der Waals surface area contributed by atoms with Crippen molar-refractivity contribution in [3.63, 3.8) is 0 Å². The van der Waals surface area contributed by atoms with E-state index in [0.717, 1.165) is 6.42 Å². The summed E-state index contributed by atoms with van der Waals surface area (Å²) in [7, 11) is 4.72. The lowest BCUT2D eigenvalue weighted by Crippen LogP contribution is -2.49. The molecule has 0 atom stereocenters. The van der Waals surface area contributed by atoms with Crippen molar-refractivity contribution in [2.75, 3.05) is 64.7 Å². The highest BCUT2D eigenvalue weighted by molar-refractivity contribution is 5.95. The molecule has 1 amide bonds. The molecule has 3 aromatic carbocycles. The number of hydrogen-bond acceptors (Lipinski definition) is 9. The Morgan fingerprint density at radius 2 is 1.50 bits per heavy atom. The average molecular weight is 544 g/mol. The normalized spacial score (nSPS) is 13.3. The van der Waals surface area contributed by atoms with E-state index in [2.05, 4.69) is 17.1 Å². The second-order valence-corrected chi connectivity index (χ2v) is 9.36. The van der Waals surface area contributed by atoms with Crippen LogP contribution in [0.4, 0.5) is 11.8 Å². The summed E-state index contributed by atoms with van der Waals surface area (Å²) in [5, 5.41) is 0.691. The monoisotopic (exact) mass is 543 g/mol. The zero-order chi connectivity index (χ0) is 28.1. The minimum atomic E-state index is -0.0652. The van der Waals surface area contributed by atoms with Crippen LogP contribution in [0.2, 0.25) is 0 Å². The number of benzene rings is 3. The number of fused-ring (bicyclic) bond motifs is 1. The van der Waals surface area contributed by atoms with Gasteiger partial charge in [-0.3, -0.25) is 4.79 Å². The molecule has 40 heavy (non-hydrogen) atoms. The number of carbonyl (C=O) groups is 1. The van der Waals surface area contributed by atoms with Gasteiger partial charge in [-0.15, -0.1) is 0 Å². The van der Waals surface area contributed by atoms with Crippen LogP contribution in [0.1, 0.15) is 15.9 Å². The summed E-state index contributed by atoms with van der Waals surface area (Å²) < 4.78 is 22.3. The maximum absolute atomic E-state index is 13.3. The van der Waals surface area contributed by atoms with Crippen LogP contribution in [-0.2, 0) is 6.42 Å². The van der Waals surface area contributed by atoms with Gasteiger partial charge in [0.2, 0.25) is 5.95 Å². The van der Waals surface area contributed by atoms with Crippen molar-refractivity contribution in [3.8, 4) is 23.0 Å². The van der Waals surface area contributed by atoms with Crippen LogP contribution in [0, 0.1) is 0 Å². The standard InChI is InChI=1S/C30H33N5O5/c1-37-25-17-21(9-10-24(25)40-16-11-20-7-5-4-6-8-20)29(36)34-12-14-35(15-13-34)30-32-23-19-27(39-3)26(38-2)18-22(23)28(31)33-30/h4-10,17-19H,11-16H2,1-3H3,(H2,31,32,33). The van der Waals surface area contributed by atoms with Crippen LogP contribution in [0.3, 0.4) is 0 Å². The van der Waals surface area contributed by atoms with Crippen molar-refractivity contribution in [1.29, 1.82) is 0 Å². The molecule has 2 heterocycles. The third kappa shape index (κ3) is 5.66. The smallest absolute Gasteiger partial charge is 0.254 e. The molecule has 1 aliphatic heterocycles. The highest BCUT2D eigenvalue weighted by Crippen LogP contribution is 2.34. The van der Waals surface area contributed by atoms with Crippen molar-refractivity contribution >= 4 is 28.6 Å². The highest BCUT2D eigenvalue weighted by Gasteiger charge is 2.25. The highest BCUT2D eigenvalue weighted by atomic mass is 16.5. The third-order valence-corrected chi connectivity index (χ3v) is 6.97. The number of amides is 1. The SMILES string of the molecule is COc1cc2nc(N3CCN(C(=O)c4ccc(OCCc5ccccc5)c(OC)c4)CC3)nc(N)c2cc1OC. The van der Waals surface area contributed by atoms with Crippen LogP contribution < -0.4 is 29.6 Å². The number of rotatable bonds is 9. The molecule has 1 aromatic heterocycles. The van der Waals surface area contributed by atoms with E-state index < -0.39 is 0 Å². The Labute approximate surface area is 233 Å². The fourth-order valence-corrected chi connectivity index (χ4v) is 4.74. The Morgan fingerprint density at radius 1 is 0.825 bits per heavy atom. The van der Waals surface area contributed by atoms with Gasteiger partial charge in [0.15, 0.2) is 23.0 Å². The van der Waals surface area contributed by atoms with E-state index in [1.807, 2.05) is 28.0 Å². The first kappa shape index (κ1) is 26.9. The number of anilines is 2. The molecule has 5 rings (SSSR count). The fourth-order valence-electron chi connectivity index (χ4n) is 4.74. The van der Waals surface area contributed by atoms with Crippen molar-refractivity contribution in [2.45, 2.75) is 6.42 Å². The largest absolute Gasteiger partial charge is 0.493 e. The summed E-state index contributed by atoms with van der Waals surface area (Å²) >= 11 is 0. The maximum Gasteiger partial charge on any atom is 0.254 e. The average Bonchev–Trinajstić information content (AvgIpc) is 3.00. The molecule has 0 saturated carbocycles. The second kappa shape index (κ2) is 12.0. The number of nitrogens with zero attached hydrogens (tertiary/aromatic N) is 4. The van der Waals surface area contributed by atoms with Crippen LogP contribution in [-0.4, -0.2) is 74.9 Å². The number of nitrogen functional groups attached to an aromatic ring is 1. The molecule has 1 saturated heterocycles. The Morgan fingerprint density at radius 3 is 2.20 bits per heavy atom. The first-order chi connectivity index (χ1) is 19.5. The number of ether oxygens (including phenoxy) is 4. The Kier molecular flexibility index (Phi) is 8.04. The lowest BCUT2D eigenvalue weighted by Gasteiger charge is -2.35. The number of methoxy groups -OCH3 is 3. The molecule has 1 fully saturated rings. The Bertz CT molecular complexity index is 1490. The number of carbonyl (C=O) groups excluding carboxylic acids is 1. The zero-order valence-electron chi connectivity index (χ0n) is 22.9. The maximum atomic E-state index is 13.3. The van der Waals surface area contributed by atoms with Crippen molar-refractivity contribution in [1.82, 2.24) is 14.9 Å². The van der Waals surface area contributed by atoms with E-state index in [1.54, 1.807) is 51.7 Å². The molecule has 10 heteroatoms. The van der Waals surface area contributed by atoms with E-state index in [4.69, 9.17) is 29.7 Å². The van der Waals surface area contributed by atoms with E-state index in [0.29, 0.717) is 84.0 Å². The van der Waals surface area contributed by atoms with Gasteiger partial charge in [0.1, 0.15) is 5.82 Å². The Balaban J connectivity index is 1.23. The lowest BCUT2D eigenvalue weighted by atomic mass is 10.1. The van der Waals surface area contributed by atoms with Crippen molar-refractivity contribution < 1.29 is 23.7 Å². The molecule has 208 valence electrons. The van der Waals surface area contributed by atoms with Crippen LogP contribution in [0.15, 0.2) is 60.7 Å². The van der Waals surface area contributed by atoms with Gasteiger partial charge in [-0.1, -0.05) is 30.3 Å². The molecule has 0 bridgehead atoms. The third-order valence-electron chi connectivity index (χ3n) is 6.97. The molecule has 0 spiro atoms. The molecule has 0 aliphatic carbocycles. The fraction of sp³-hybridized carbons (Fsp3) is 0.300. The number of piperazine rings is 1. The van der Waals surface area contributed by atoms with Crippen LogP contribution in [0.5, 0.6) is 23.0 Å². The van der Waals surface area contributed by atoms with Gasteiger partial charge in [-0.25, -0.2) is 4.98 Å². The summed E-state index contributed by atoms with van der Waals surface area (Å²) in [4.78, 5) is 26.4. The zero-order valence-corrected chi connectivity index (χ0v) is 22.9. The minimum Gasteiger partial charge on any atom is -0.493 e. The first-order valence-corrected chi connectivity index (χ1v) is 13.1. The van der Waals surface area contributed by atoms with Crippen molar-refractivity contribution in [3.05, 3.63) is 71.8 Å². The molecule has 0 unspecified atom stereocenters. The summed E-state index contributed by atoms with van der Waals surface area (Å²) in [6, 6.07) is 19.0. The Hall–Kier alpha value is -4.73. The van der Waals surface area contributed by atoms with Gasteiger partial charge in [0.05, 0.1) is 33.5 Å². The topological polar surface area (TPSA) is 112 Å². The van der Waals surface area contributed by atoms with Gasteiger partial charge in [0, 0.05) is 49.6 Å². The van der Waals surface area contributed by atoms with Gasteiger partial charge < -0.3 is 34.5 Å². The summed E-state index contributed by atoms with van der Waals surface area (Å²) in [6.45, 7) is 2.69. The second-order valence-electron chi connectivity index (χ2n) is 9.36. The van der Waals surface area contributed by atoms with E-state index in [9.17, 15) is 4.79 Å². The molecule has 2 N–H and O–H groups in total. The minimum absolute atomic E-state index is 0.0652. The molecular formula is C30H33N5O5. The van der Waals surface area contributed by atoms with Crippen LogP contribution in [0.25, 0.3) is 10.9 Å². The quantitative estimate of drug-likeness (QED) is 0.337. The van der Waals surface area contributed by atoms with E-state index in [-0.39, 0.29) is 5.91 Å². The first-order valence-electron chi connectivity index (χ1n) is 13.1. The van der Waals surface area contributed by atoms with E-state index >= 15 is 0 Å². The number of nitrogens with two attached hydrogens (primary N) is 1. The number of hydrogen-bond donors (Lipinski definition) is 1.